The average Bonchev–Trinajstić information content (AvgIpc) is 2.56. The predicted octanol–water partition coefficient (Wildman–Crippen LogP) is 3.92. The standard InChI is InChI=1S/C19H26FNO2/c1-21(12-14-5-3-2-4-6-14)10-9-15-13-23-18-8-7-16(20)11-17(18)19(15)22/h7-8,11,14-15H,2-6,9-10,12-13H2,1H3. The Morgan fingerprint density at radius 1 is 1.26 bits per heavy atom. The molecule has 1 aromatic rings. The molecule has 1 atom stereocenters. The molecule has 0 N–H and O–H groups in total. The van der Waals surface area contributed by atoms with Crippen molar-refractivity contribution in [3.8, 4) is 5.75 Å². The average molecular weight is 319 g/mol. The maximum atomic E-state index is 13.4. The number of rotatable bonds is 5. The summed E-state index contributed by atoms with van der Waals surface area (Å²) in [6, 6.07) is 4.19. The highest BCUT2D eigenvalue weighted by Crippen LogP contribution is 2.29. The van der Waals surface area contributed by atoms with Crippen LogP contribution in [-0.2, 0) is 0 Å². The van der Waals surface area contributed by atoms with Crippen molar-refractivity contribution in [1.29, 1.82) is 0 Å². The van der Waals surface area contributed by atoms with E-state index in [2.05, 4.69) is 11.9 Å². The van der Waals surface area contributed by atoms with Crippen LogP contribution < -0.4 is 4.74 Å². The molecule has 2 aliphatic rings. The largest absolute Gasteiger partial charge is 0.492 e. The fraction of sp³-hybridized carbons (Fsp3) is 0.632. The quantitative estimate of drug-likeness (QED) is 0.824. The van der Waals surface area contributed by atoms with Crippen LogP contribution in [0.3, 0.4) is 0 Å². The van der Waals surface area contributed by atoms with Gasteiger partial charge >= 0.3 is 0 Å². The molecule has 3 rings (SSSR count). The highest BCUT2D eigenvalue weighted by atomic mass is 19.1. The van der Waals surface area contributed by atoms with Crippen molar-refractivity contribution in [2.45, 2.75) is 38.5 Å². The smallest absolute Gasteiger partial charge is 0.173 e. The van der Waals surface area contributed by atoms with E-state index in [0.717, 1.165) is 25.4 Å². The lowest BCUT2D eigenvalue weighted by molar-refractivity contribution is 0.0803. The molecule has 0 bridgehead atoms. The van der Waals surface area contributed by atoms with Gasteiger partial charge in [0.05, 0.1) is 18.1 Å². The van der Waals surface area contributed by atoms with Crippen molar-refractivity contribution < 1.29 is 13.9 Å². The molecule has 4 heteroatoms. The summed E-state index contributed by atoms with van der Waals surface area (Å²) in [6.45, 7) is 2.42. The summed E-state index contributed by atoms with van der Waals surface area (Å²) in [4.78, 5) is 14.8. The Hall–Kier alpha value is -1.42. The summed E-state index contributed by atoms with van der Waals surface area (Å²) in [5, 5.41) is 0. The second-order valence-electron chi connectivity index (χ2n) is 7.07. The predicted molar refractivity (Wildman–Crippen MR) is 88.4 cm³/mol. The molecule has 3 nitrogen and oxygen atoms in total. The molecule has 1 aromatic carbocycles. The topological polar surface area (TPSA) is 29.5 Å². The SMILES string of the molecule is CN(CCC1COc2ccc(F)cc2C1=O)CC1CCCCC1. The van der Waals surface area contributed by atoms with Gasteiger partial charge in [0.15, 0.2) is 5.78 Å². The summed E-state index contributed by atoms with van der Waals surface area (Å²) in [5.74, 6) is 0.816. The Morgan fingerprint density at radius 2 is 2.04 bits per heavy atom. The Bertz CT molecular complexity index is 554. The fourth-order valence-electron chi connectivity index (χ4n) is 3.80. The van der Waals surface area contributed by atoms with Crippen LogP contribution in [-0.4, -0.2) is 37.4 Å². The lowest BCUT2D eigenvalue weighted by Gasteiger charge is -2.29. The molecule has 1 aliphatic heterocycles. The maximum absolute atomic E-state index is 13.4. The Labute approximate surface area is 137 Å². The zero-order valence-corrected chi connectivity index (χ0v) is 13.9. The maximum Gasteiger partial charge on any atom is 0.173 e. The molecule has 0 radical (unpaired) electrons. The first-order valence-electron chi connectivity index (χ1n) is 8.78. The minimum Gasteiger partial charge on any atom is -0.492 e. The zero-order valence-electron chi connectivity index (χ0n) is 13.9. The van der Waals surface area contributed by atoms with Crippen molar-refractivity contribution in [3.05, 3.63) is 29.6 Å². The second kappa shape index (κ2) is 7.43. The van der Waals surface area contributed by atoms with Gasteiger partial charge in [-0.3, -0.25) is 4.79 Å². The minimum atomic E-state index is -0.379. The molecule has 1 heterocycles. The van der Waals surface area contributed by atoms with Crippen LogP contribution in [0.5, 0.6) is 5.75 Å². The lowest BCUT2D eigenvalue weighted by Crippen LogP contribution is -2.33. The van der Waals surface area contributed by atoms with Crippen molar-refractivity contribution in [1.82, 2.24) is 4.90 Å². The molecule has 0 aromatic heterocycles. The van der Waals surface area contributed by atoms with Crippen molar-refractivity contribution >= 4 is 5.78 Å². The lowest BCUT2D eigenvalue weighted by atomic mass is 9.88. The van der Waals surface area contributed by atoms with E-state index in [1.165, 1.54) is 44.2 Å². The molecular formula is C19H26FNO2. The van der Waals surface area contributed by atoms with Gasteiger partial charge in [-0.25, -0.2) is 4.39 Å². The second-order valence-corrected chi connectivity index (χ2v) is 7.07. The van der Waals surface area contributed by atoms with Gasteiger partial charge in [-0.05, 0) is 57.0 Å². The van der Waals surface area contributed by atoms with Crippen molar-refractivity contribution in [3.63, 3.8) is 0 Å². The summed E-state index contributed by atoms with van der Waals surface area (Å²) >= 11 is 0. The number of ketones is 1. The number of Topliss-reactive ketones (excluding diaryl/α,β-unsaturated/α-hetero) is 1. The zero-order chi connectivity index (χ0) is 16.2. The van der Waals surface area contributed by atoms with E-state index < -0.39 is 0 Å². The Morgan fingerprint density at radius 3 is 2.83 bits per heavy atom. The van der Waals surface area contributed by atoms with Crippen LogP contribution in [0.2, 0.25) is 0 Å². The van der Waals surface area contributed by atoms with Gasteiger partial charge in [0.2, 0.25) is 0 Å². The van der Waals surface area contributed by atoms with Crippen LogP contribution in [0.15, 0.2) is 18.2 Å². The molecule has 1 saturated carbocycles. The third-order valence-corrected chi connectivity index (χ3v) is 5.17. The number of carbonyl (C=O) groups excluding carboxylic acids is 1. The van der Waals surface area contributed by atoms with Crippen LogP contribution in [0.4, 0.5) is 4.39 Å². The molecular weight excluding hydrogens is 293 g/mol. The summed E-state index contributed by atoms with van der Waals surface area (Å²) in [7, 11) is 2.14. The van der Waals surface area contributed by atoms with E-state index in [4.69, 9.17) is 4.74 Å². The van der Waals surface area contributed by atoms with Crippen molar-refractivity contribution in [2.24, 2.45) is 11.8 Å². The summed E-state index contributed by atoms with van der Waals surface area (Å²) in [6.07, 6.45) is 7.54. The Kier molecular flexibility index (Phi) is 5.31. The molecule has 0 amide bonds. The molecule has 1 unspecified atom stereocenters. The van der Waals surface area contributed by atoms with Gasteiger partial charge in [-0.2, -0.15) is 0 Å². The number of nitrogens with zero attached hydrogens (tertiary/aromatic N) is 1. The highest BCUT2D eigenvalue weighted by molar-refractivity contribution is 6.01. The molecule has 0 spiro atoms. The molecule has 0 saturated heterocycles. The van der Waals surface area contributed by atoms with Gasteiger partial charge in [0.1, 0.15) is 11.6 Å². The summed E-state index contributed by atoms with van der Waals surface area (Å²) in [5.41, 5.74) is 0.399. The van der Waals surface area contributed by atoms with E-state index in [1.54, 1.807) is 6.07 Å². The van der Waals surface area contributed by atoms with Gasteiger partial charge in [0, 0.05) is 6.54 Å². The summed E-state index contributed by atoms with van der Waals surface area (Å²) < 4.78 is 19.0. The first-order chi connectivity index (χ1) is 11.1. The van der Waals surface area contributed by atoms with Crippen LogP contribution in [0, 0.1) is 17.7 Å². The van der Waals surface area contributed by atoms with Crippen molar-refractivity contribution in [2.75, 3.05) is 26.7 Å². The van der Waals surface area contributed by atoms with Gasteiger partial charge < -0.3 is 9.64 Å². The number of benzene rings is 1. The first kappa shape index (κ1) is 16.4. The number of fused-ring (bicyclic) bond motifs is 1. The van der Waals surface area contributed by atoms with Gasteiger partial charge in [0.25, 0.3) is 0 Å². The third kappa shape index (κ3) is 4.11. The number of halogens is 1. The first-order valence-corrected chi connectivity index (χ1v) is 8.78. The van der Waals surface area contributed by atoms with E-state index in [-0.39, 0.29) is 17.5 Å². The third-order valence-electron chi connectivity index (χ3n) is 5.17. The van der Waals surface area contributed by atoms with Crippen LogP contribution in [0.25, 0.3) is 0 Å². The molecule has 1 aliphatic carbocycles. The Balaban J connectivity index is 1.51. The van der Waals surface area contributed by atoms with E-state index in [0.29, 0.717) is 17.9 Å². The minimum absolute atomic E-state index is 0.0248. The number of ether oxygens (including phenoxy) is 1. The van der Waals surface area contributed by atoms with Gasteiger partial charge in [-0.15, -0.1) is 0 Å². The van der Waals surface area contributed by atoms with E-state index in [1.807, 2.05) is 0 Å². The van der Waals surface area contributed by atoms with Crippen LogP contribution in [0.1, 0.15) is 48.9 Å². The number of hydrogen-bond acceptors (Lipinski definition) is 3. The normalized spacial score (nSPS) is 22.0. The van der Waals surface area contributed by atoms with Crippen LogP contribution >= 0.6 is 0 Å². The number of hydrogen-bond donors (Lipinski definition) is 0. The number of carbonyl (C=O) groups is 1. The van der Waals surface area contributed by atoms with E-state index >= 15 is 0 Å². The molecule has 126 valence electrons. The fourth-order valence-corrected chi connectivity index (χ4v) is 3.80. The molecule has 23 heavy (non-hydrogen) atoms. The molecule has 1 fully saturated rings. The monoisotopic (exact) mass is 319 g/mol. The van der Waals surface area contributed by atoms with E-state index in [9.17, 15) is 9.18 Å². The van der Waals surface area contributed by atoms with Gasteiger partial charge in [-0.1, -0.05) is 19.3 Å². The highest BCUT2D eigenvalue weighted by Gasteiger charge is 2.29.